The molecule has 0 fully saturated rings. The molecule has 0 aliphatic rings. The Morgan fingerprint density at radius 3 is 2.53 bits per heavy atom. The Kier molecular flexibility index (Phi) is 3.74. The molecular formula is C8H6F4INO. The zero-order valence-electron chi connectivity index (χ0n) is 7.53. The lowest BCUT2D eigenvalue weighted by molar-refractivity contribution is -0.276. The summed E-state index contributed by atoms with van der Waals surface area (Å²) in [6.07, 6.45) is -4.81. The van der Waals surface area contributed by atoms with E-state index in [1.807, 2.05) is 0 Å². The van der Waals surface area contributed by atoms with Crippen molar-refractivity contribution in [2.45, 2.75) is 20.0 Å². The van der Waals surface area contributed by atoms with Crippen molar-refractivity contribution < 1.29 is 22.3 Å². The maximum absolute atomic E-state index is 12.2. The van der Waals surface area contributed by atoms with Crippen LogP contribution in [0, 0.1) is 10.5 Å². The molecule has 2 nitrogen and oxygen atoms in total. The fourth-order valence-electron chi connectivity index (χ4n) is 0.881. The molecule has 0 radical (unpaired) electrons. The van der Waals surface area contributed by atoms with Crippen LogP contribution < -0.4 is 4.74 Å². The number of hydrogen-bond donors (Lipinski definition) is 0. The summed E-state index contributed by atoms with van der Waals surface area (Å²) in [6, 6.07) is 1.37. The summed E-state index contributed by atoms with van der Waals surface area (Å²) in [4.78, 5) is 3.41. The first-order valence-electron chi connectivity index (χ1n) is 3.81. The van der Waals surface area contributed by atoms with Crippen LogP contribution in [0.2, 0.25) is 0 Å². The Labute approximate surface area is 96.8 Å². The summed E-state index contributed by atoms with van der Waals surface area (Å²) in [6.45, 7) is 0.502. The van der Waals surface area contributed by atoms with Gasteiger partial charge in [-0.15, -0.1) is 13.2 Å². The van der Waals surface area contributed by atoms with Crippen LogP contribution in [0.25, 0.3) is 0 Å². The van der Waals surface area contributed by atoms with E-state index in [0.29, 0.717) is 3.57 Å². The second kappa shape index (κ2) is 4.50. The standard InChI is InChI=1S/C8H6F4INO/c1-4-6(13)2-5(3-9)14-7(4)15-8(10,11)12/h2H,3H2,1H3. The van der Waals surface area contributed by atoms with Gasteiger partial charge in [-0.2, -0.15) is 0 Å². The number of halogens is 5. The number of alkyl halides is 4. The molecule has 1 rings (SSSR count). The number of hydrogen-bond acceptors (Lipinski definition) is 2. The Hall–Kier alpha value is -0.600. The Morgan fingerprint density at radius 2 is 2.07 bits per heavy atom. The van der Waals surface area contributed by atoms with Gasteiger partial charge in [0.25, 0.3) is 0 Å². The van der Waals surface area contributed by atoms with Crippen molar-refractivity contribution in [1.82, 2.24) is 4.98 Å². The molecule has 0 saturated heterocycles. The largest absolute Gasteiger partial charge is 0.574 e. The molecule has 1 aromatic heterocycles. The average molecular weight is 335 g/mol. The van der Waals surface area contributed by atoms with E-state index in [2.05, 4.69) is 9.72 Å². The number of ether oxygens (including phenoxy) is 1. The molecule has 0 spiro atoms. The van der Waals surface area contributed by atoms with Crippen molar-refractivity contribution in [2.24, 2.45) is 0 Å². The molecule has 0 N–H and O–H groups in total. The van der Waals surface area contributed by atoms with Gasteiger partial charge in [-0.25, -0.2) is 9.37 Å². The van der Waals surface area contributed by atoms with Gasteiger partial charge in [-0.1, -0.05) is 0 Å². The Morgan fingerprint density at radius 1 is 1.47 bits per heavy atom. The normalized spacial score (nSPS) is 11.6. The minimum Gasteiger partial charge on any atom is -0.388 e. The smallest absolute Gasteiger partial charge is 0.388 e. The minimum absolute atomic E-state index is 0.0794. The lowest BCUT2D eigenvalue weighted by atomic mass is 10.3. The van der Waals surface area contributed by atoms with E-state index < -0.39 is 18.9 Å². The van der Waals surface area contributed by atoms with Crippen LogP contribution in [0.1, 0.15) is 11.3 Å². The van der Waals surface area contributed by atoms with E-state index >= 15 is 0 Å². The number of rotatable bonds is 2. The summed E-state index contributed by atoms with van der Waals surface area (Å²) < 4.78 is 52.2. The third-order valence-electron chi connectivity index (χ3n) is 1.57. The third kappa shape index (κ3) is 3.47. The fourth-order valence-corrected chi connectivity index (χ4v) is 1.47. The van der Waals surface area contributed by atoms with E-state index in [4.69, 9.17) is 0 Å². The highest BCUT2D eigenvalue weighted by molar-refractivity contribution is 14.1. The predicted octanol–water partition coefficient (Wildman–Crippen LogP) is 3.36. The van der Waals surface area contributed by atoms with Gasteiger partial charge < -0.3 is 4.74 Å². The summed E-state index contributed by atoms with van der Waals surface area (Å²) in [5.41, 5.74) is 0.161. The molecule has 84 valence electrons. The van der Waals surface area contributed by atoms with Crippen LogP contribution in [0.3, 0.4) is 0 Å². The maximum atomic E-state index is 12.2. The van der Waals surface area contributed by atoms with Gasteiger partial charge in [0.15, 0.2) is 0 Å². The number of pyridine rings is 1. The van der Waals surface area contributed by atoms with Crippen molar-refractivity contribution in [3.63, 3.8) is 0 Å². The lowest BCUT2D eigenvalue weighted by Gasteiger charge is -2.12. The SMILES string of the molecule is Cc1c(I)cc(CF)nc1OC(F)(F)F. The van der Waals surface area contributed by atoms with Gasteiger partial charge in [-0.3, -0.25) is 0 Å². The lowest BCUT2D eigenvalue weighted by Crippen LogP contribution is -2.19. The van der Waals surface area contributed by atoms with E-state index in [-0.39, 0.29) is 11.3 Å². The third-order valence-corrected chi connectivity index (χ3v) is 2.69. The maximum Gasteiger partial charge on any atom is 0.574 e. The molecular weight excluding hydrogens is 329 g/mol. The monoisotopic (exact) mass is 335 g/mol. The van der Waals surface area contributed by atoms with Crippen LogP contribution in [0.5, 0.6) is 5.88 Å². The predicted molar refractivity (Wildman–Crippen MR) is 53.2 cm³/mol. The van der Waals surface area contributed by atoms with E-state index in [0.717, 1.165) is 0 Å². The highest BCUT2D eigenvalue weighted by atomic mass is 127. The molecule has 1 heterocycles. The molecule has 7 heteroatoms. The molecule has 0 saturated carbocycles. The summed E-state index contributed by atoms with van der Waals surface area (Å²) >= 11 is 1.80. The van der Waals surface area contributed by atoms with Crippen LogP contribution in [-0.2, 0) is 6.67 Å². The Balaban J connectivity index is 3.11. The summed E-state index contributed by atoms with van der Waals surface area (Å²) in [7, 11) is 0. The van der Waals surface area contributed by atoms with Gasteiger partial charge in [0, 0.05) is 9.13 Å². The highest BCUT2D eigenvalue weighted by Crippen LogP contribution is 2.27. The first-order valence-corrected chi connectivity index (χ1v) is 4.89. The molecule has 0 aliphatic heterocycles. The van der Waals surface area contributed by atoms with Crippen molar-refractivity contribution in [2.75, 3.05) is 0 Å². The zero-order chi connectivity index (χ0) is 11.6. The van der Waals surface area contributed by atoms with Crippen LogP contribution >= 0.6 is 22.6 Å². The van der Waals surface area contributed by atoms with Gasteiger partial charge in [-0.05, 0) is 35.6 Å². The van der Waals surface area contributed by atoms with Gasteiger partial charge in [0.1, 0.15) is 6.67 Å². The van der Waals surface area contributed by atoms with E-state index in [1.165, 1.54) is 13.0 Å². The van der Waals surface area contributed by atoms with Crippen LogP contribution in [0.4, 0.5) is 17.6 Å². The first kappa shape index (κ1) is 12.5. The summed E-state index contributed by atoms with van der Waals surface area (Å²) in [5, 5.41) is 0. The highest BCUT2D eigenvalue weighted by Gasteiger charge is 2.33. The van der Waals surface area contributed by atoms with Gasteiger partial charge in [0.05, 0.1) is 5.69 Å². The quantitative estimate of drug-likeness (QED) is 0.611. The molecule has 15 heavy (non-hydrogen) atoms. The van der Waals surface area contributed by atoms with Crippen LogP contribution in [0.15, 0.2) is 6.07 Å². The molecule has 0 aromatic carbocycles. The van der Waals surface area contributed by atoms with E-state index in [1.54, 1.807) is 22.6 Å². The number of aromatic nitrogens is 1. The molecule has 0 bridgehead atoms. The minimum atomic E-state index is -4.81. The van der Waals surface area contributed by atoms with Crippen LogP contribution in [-0.4, -0.2) is 11.3 Å². The van der Waals surface area contributed by atoms with Crippen molar-refractivity contribution in [1.29, 1.82) is 0 Å². The average Bonchev–Trinajstić information content (AvgIpc) is 2.10. The van der Waals surface area contributed by atoms with E-state index in [9.17, 15) is 17.6 Å². The molecule has 0 unspecified atom stereocenters. The summed E-state index contributed by atoms with van der Waals surface area (Å²) in [5.74, 6) is -0.595. The van der Waals surface area contributed by atoms with Crippen molar-refractivity contribution >= 4 is 22.6 Å². The topological polar surface area (TPSA) is 22.1 Å². The van der Waals surface area contributed by atoms with Crippen molar-refractivity contribution in [3.05, 3.63) is 20.9 Å². The molecule has 0 amide bonds. The molecule has 0 aliphatic carbocycles. The zero-order valence-corrected chi connectivity index (χ0v) is 9.69. The molecule has 0 atom stereocenters. The Bertz CT molecular complexity index is 366. The first-order chi connectivity index (χ1) is 6.83. The fraction of sp³-hybridized carbons (Fsp3) is 0.375. The number of nitrogens with zero attached hydrogens (tertiary/aromatic N) is 1. The van der Waals surface area contributed by atoms with Crippen molar-refractivity contribution in [3.8, 4) is 5.88 Å². The second-order valence-electron chi connectivity index (χ2n) is 2.71. The van der Waals surface area contributed by atoms with Gasteiger partial charge in [0.2, 0.25) is 5.88 Å². The second-order valence-corrected chi connectivity index (χ2v) is 3.87. The van der Waals surface area contributed by atoms with Gasteiger partial charge >= 0.3 is 6.36 Å². The molecule has 1 aromatic rings.